The third kappa shape index (κ3) is 3.03. The highest BCUT2D eigenvalue weighted by atomic mass is 16.2. The smallest absolute Gasteiger partial charge is 0.258 e. The first-order chi connectivity index (χ1) is 11.1. The number of likely N-dealkylation sites (N-methyl/N-ethyl adjacent to an activating group) is 1. The fraction of sp³-hybridized carbons (Fsp3) is 0.353. The Morgan fingerprint density at radius 3 is 2.04 bits per heavy atom. The van der Waals surface area contributed by atoms with E-state index in [0.29, 0.717) is 11.3 Å². The molecule has 0 radical (unpaired) electrons. The molecular formula is C17H19N3O3. The molecule has 6 nitrogen and oxygen atoms in total. The van der Waals surface area contributed by atoms with Gasteiger partial charge in [-0.1, -0.05) is 6.92 Å². The number of rotatable bonds is 3. The van der Waals surface area contributed by atoms with Crippen molar-refractivity contribution in [3.8, 4) is 0 Å². The summed E-state index contributed by atoms with van der Waals surface area (Å²) in [5.41, 5.74) is 1.06. The summed E-state index contributed by atoms with van der Waals surface area (Å²) in [6.07, 6.45) is 2.49. The lowest BCUT2D eigenvalue weighted by atomic mass is 10.1. The molecule has 0 N–H and O–H groups in total. The van der Waals surface area contributed by atoms with Gasteiger partial charge in [-0.2, -0.15) is 0 Å². The summed E-state index contributed by atoms with van der Waals surface area (Å²) in [4.78, 5) is 41.0. The molecule has 3 amide bonds. The van der Waals surface area contributed by atoms with Crippen LogP contribution in [-0.4, -0.2) is 60.2 Å². The maximum Gasteiger partial charge on any atom is 0.258 e. The van der Waals surface area contributed by atoms with Gasteiger partial charge in [-0.15, -0.1) is 0 Å². The Bertz CT molecular complexity index is 640. The summed E-state index contributed by atoms with van der Waals surface area (Å²) < 4.78 is 0. The van der Waals surface area contributed by atoms with E-state index in [1.807, 2.05) is 4.90 Å². The number of piperazine rings is 1. The van der Waals surface area contributed by atoms with Crippen LogP contribution in [0.15, 0.2) is 36.4 Å². The van der Waals surface area contributed by atoms with Crippen LogP contribution in [-0.2, 0) is 9.59 Å². The fourth-order valence-electron chi connectivity index (χ4n) is 2.86. The number of carbonyl (C=O) groups excluding carboxylic acids is 3. The van der Waals surface area contributed by atoms with Gasteiger partial charge in [0.25, 0.3) is 17.7 Å². The summed E-state index contributed by atoms with van der Waals surface area (Å²) in [6, 6.07) is 6.61. The van der Waals surface area contributed by atoms with Crippen molar-refractivity contribution in [2.24, 2.45) is 0 Å². The largest absolute Gasteiger partial charge is 0.336 e. The van der Waals surface area contributed by atoms with E-state index in [9.17, 15) is 14.4 Å². The van der Waals surface area contributed by atoms with Gasteiger partial charge >= 0.3 is 0 Å². The van der Waals surface area contributed by atoms with E-state index in [-0.39, 0.29) is 17.7 Å². The zero-order chi connectivity index (χ0) is 16.4. The monoisotopic (exact) mass is 313 g/mol. The maximum atomic E-state index is 12.5. The fourth-order valence-corrected chi connectivity index (χ4v) is 2.86. The van der Waals surface area contributed by atoms with Gasteiger partial charge < -0.3 is 9.80 Å². The van der Waals surface area contributed by atoms with Crippen molar-refractivity contribution in [1.82, 2.24) is 9.80 Å². The summed E-state index contributed by atoms with van der Waals surface area (Å²) in [5.74, 6) is -0.723. The second-order valence-corrected chi connectivity index (χ2v) is 5.62. The number of carbonyl (C=O) groups is 3. The standard InChI is InChI=1S/C17H19N3O3/c1-2-18-9-11-19(12-10-18)17(23)13-3-5-14(6-4-13)20-15(21)7-8-16(20)22/h3-8H,2,9-12H2,1H3. The Hall–Kier alpha value is -2.47. The lowest BCUT2D eigenvalue weighted by Gasteiger charge is -2.34. The van der Waals surface area contributed by atoms with E-state index < -0.39 is 0 Å². The zero-order valence-corrected chi connectivity index (χ0v) is 13.1. The molecule has 1 aromatic carbocycles. The Balaban J connectivity index is 1.69. The summed E-state index contributed by atoms with van der Waals surface area (Å²) in [7, 11) is 0. The van der Waals surface area contributed by atoms with Crippen molar-refractivity contribution in [3.05, 3.63) is 42.0 Å². The molecule has 23 heavy (non-hydrogen) atoms. The Morgan fingerprint density at radius 2 is 1.52 bits per heavy atom. The molecule has 0 atom stereocenters. The molecule has 0 spiro atoms. The molecule has 0 aromatic heterocycles. The first-order valence-corrected chi connectivity index (χ1v) is 7.78. The van der Waals surface area contributed by atoms with Crippen molar-refractivity contribution < 1.29 is 14.4 Å². The predicted molar refractivity (Wildman–Crippen MR) is 86.1 cm³/mol. The highest BCUT2D eigenvalue weighted by molar-refractivity contribution is 6.28. The van der Waals surface area contributed by atoms with Crippen molar-refractivity contribution in [1.29, 1.82) is 0 Å². The van der Waals surface area contributed by atoms with Crippen LogP contribution in [0.4, 0.5) is 5.69 Å². The SMILES string of the molecule is CCN1CCN(C(=O)c2ccc(N3C(=O)C=CC3=O)cc2)CC1. The highest BCUT2D eigenvalue weighted by Crippen LogP contribution is 2.20. The molecule has 2 aliphatic rings. The van der Waals surface area contributed by atoms with Crippen LogP contribution in [0.25, 0.3) is 0 Å². The molecule has 0 bridgehead atoms. The number of amides is 3. The van der Waals surface area contributed by atoms with Crippen LogP contribution in [0.3, 0.4) is 0 Å². The maximum absolute atomic E-state index is 12.5. The van der Waals surface area contributed by atoms with E-state index in [1.165, 1.54) is 12.2 Å². The summed E-state index contributed by atoms with van der Waals surface area (Å²) in [6.45, 7) is 6.35. The average molecular weight is 313 g/mol. The van der Waals surface area contributed by atoms with Crippen molar-refractivity contribution in [2.75, 3.05) is 37.6 Å². The molecule has 3 rings (SSSR count). The first-order valence-electron chi connectivity index (χ1n) is 7.78. The third-order valence-electron chi connectivity index (χ3n) is 4.29. The molecule has 0 aliphatic carbocycles. The Labute approximate surface area is 135 Å². The Morgan fingerprint density at radius 1 is 0.957 bits per heavy atom. The van der Waals surface area contributed by atoms with E-state index in [1.54, 1.807) is 24.3 Å². The minimum Gasteiger partial charge on any atom is -0.336 e. The molecule has 1 aromatic rings. The van der Waals surface area contributed by atoms with Gasteiger partial charge in [-0.3, -0.25) is 14.4 Å². The molecule has 1 fully saturated rings. The molecule has 2 aliphatic heterocycles. The van der Waals surface area contributed by atoms with E-state index in [4.69, 9.17) is 0 Å². The van der Waals surface area contributed by atoms with Crippen molar-refractivity contribution in [2.45, 2.75) is 6.92 Å². The van der Waals surface area contributed by atoms with Gasteiger partial charge in [-0.05, 0) is 30.8 Å². The van der Waals surface area contributed by atoms with Crippen molar-refractivity contribution in [3.63, 3.8) is 0 Å². The summed E-state index contributed by atoms with van der Waals surface area (Å²) >= 11 is 0. The van der Waals surface area contributed by atoms with Crippen LogP contribution < -0.4 is 4.90 Å². The zero-order valence-electron chi connectivity index (χ0n) is 13.1. The van der Waals surface area contributed by atoms with Gasteiger partial charge in [0.05, 0.1) is 5.69 Å². The number of benzene rings is 1. The minimum absolute atomic E-state index is 0.00972. The molecule has 6 heteroatoms. The molecule has 2 heterocycles. The second-order valence-electron chi connectivity index (χ2n) is 5.62. The van der Waals surface area contributed by atoms with Gasteiger partial charge in [0.1, 0.15) is 0 Å². The quantitative estimate of drug-likeness (QED) is 0.778. The second kappa shape index (κ2) is 6.34. The number of imide groups is 1. The molecule has 0 unspecified atom stereocenters. The normalized spacial score (nSPS) is 18.8. The third-order valence-corrected chi connectivity index (χ3v) is 4.29. The highest BCUT2D eigenvalue weighted by Gasteiger charge is 2.26. The van der Waals surface area contributed by atoms with Gasteiger partial charge in [0.2, 0.25) is 0 Å². The predicted octanol–water partition coefficient (Wildman–Crippen LogP) is 0.894. The van der Waals surface area contributed by atoms with Crippen LogP contribution in [0.1, 0.15) is 17.3 Å². The van der Waals surface area contributed by atoms with Crippen molar-refractivity contribution >= 4 is 23.4 Å². The first kappa shape index (κ1) is 15.4. The van der Waals surface area contributed by atoms with Gasteiger partial charge in [-0.25, -0.2) is 4.90 Å². The lowest BCUT2D eigenvalue weighted by Crippen LogP contribution is -2.48. The molecule has 0 saturated carbocycles. The molecule has 1 saturated heterocycles. The lowest BCUT2D eigenvalue weighted by molar-refractivity contribution is -0.119. The topological polar surface area (TPSA) is 60.9 Å². The van der Waals surface area contributed by atoms with Crippen LogP contribution in [0.2, 0.25) is 0 Å². The van der Waals surface area contributed by atoms with Crippen LogP contribution >= 0.6 is 0 Å². The van der Waals surface area contributed by atoms with E-state index >= 15 is 0 Å². The van der Waals surface area contributed by atoms with E-state index in [2.05, 4.69) is 11.8 Å². The number of hydrogen-bond acceptors (Lipinski definition) is 4. The Kier molecular flexibility index (Phi) is 4.25. The average Bonchev–Trinajstić information content (AvgIpc) is 2.93. The number of anilines is 1. The molecule has 120 valence electrons. The summed E-state index contributed by atoms with van der Waals surface area (Å²) in [5, 5.41) is 0. The molecular weight excluding hydrogens is 294 g/mol. The van der Waals surface area contributed by atoms with Gasteiger partial charge in [0, 0.05) is 43.9 Å². The minimum atomic E-state index is -0.357. The number of nitrogens with zero attached hydrogens (tertiary/aromatic N) is 3. The van der Waals surface area contributed by atoms with Crippen LogP contribution in [0, 0.1) is 0 Å². The van der Waals surface area contributed by atoms with E-state index in [0.717, 1.165) is 37.6 Å². The number of hydrogen-bond donors (Lipinski definition) is 0. The van der Waals surface area contributed by atoms with Crippen LogP contribution in [0.5, 0.6) is 0 Å². The van der Waals surface area contributed by atoms with Gasteiger partial charge in [0.15, 0.2) is 0 Å².